The zero-order chi connectivity index (χ0) is 33.5. The highest BCUT2D eigenvalue weighted by Gasteiger charge is 2.51. The fraction of sp³-hybridized carbons (Fsp3) is 0.900. The Labute approximate surface area is 264 Å². The zero-order valence-electron chi connectivity index (χ0n) is 26.5. The molecular weight excluding hydrogens is 598 g/mol. The van der Waals surface area contributed by atoms with Crippen LogP contribution >= 0.6 is 0 Å². The molecule has 1 amide bonds. The summed E-state index contributed by atoms with van der Waals surface area (Å²) in [7, 11) is 0. The lowest BCUT2D eigenvalue weighted by Crippen LogP contribution is -2.67. The second-order valence-electron chi connectivity index (χ2n) is 11.8. The summed E-state index contributed by atoms with van der Waals surface area (Å²) in [6.45, 7) is 3.44. The van der Waals surface area contributed by atoms with E-state index in [1.54, 1.807) is 0 Å². The van der Waals surface area contributed by atoms with Gasteiger partial charge in [-0.15, -0.1) is 0 Å². The van der Waals surface area contributed by atoms with E-state index in [0.717, 1.165) is 39.5 Å². The zero-order valence-corrected chi connectivity index (χ0v) is 26.5. The summed E-state index contributed by atoms with van der Waals surface area (Å²) in [6, 6.07) is -1.47. The molecule has 2 rings (SSSR count). The lowest BCUT2D eigenvalue weighted by atomic mass is 9.95. The number of aliphatic hydroxyl groups is 6. The fourth-order valence-corrected chi connectivity index (χ4v) is 5.37. The molecule has 2 fully saturated rings. The minimum atomic E-state index is -1.84. The predicted octanol–water partition coefficient (Wildman–Crippen LogP) is -0.460. The molecule has 11 atom stereocenters. The maximum absolute atomic E-state index is 12.7. The molecule has 2 saturated heterocycles. The van der Waals surface area contributed by atoms with Crippen LogP contribution in [0.2, 0.25) is 0 Å². The highest BCUT2D eigenvalue weighted by Crippen LogP contribution is 2.29. The molecule has 0 bridgehead atoms. The van der Waals surface area contributed by atoms with Crippen molar-refractivity contribution in [3.8, 4) is 0 Å². The third-order valence-electron chi connectivity index (χ3n) is 7.94. The predicted molar refractivity (Wildman–Crippen MR) is 156 cm³/mol. The van der Waals surface area contributed by atoms with Gasteiger partial charge in [0.25, 0.3) is 0 Å². The summed E-state index contributed by atoms with van der Waals surface area (Å²) >= 11 is 0. The van der Waals surface area contributed by atoms with Crippen LogP contribution in [0.5, 0.6) is 0 Å². The first-order valence-electron chi connectivity index (χ1n) is 16.0. The number of carbonyl (C=O) groups excluding carboxylic acids is 3. The standard InChI is InChI=1S/C30H53NO14/c1-4-5-6-7-8-9-10-11-12-13-19(34)14-22(35)31-23-25(37)28(21(43-29(23)40)16-42-18(3)33)45-30-27(39)26(38)24(36)20(44-30)15-41-17(2)32/h19-21,23-30,34,36-40H,4-16H2,1-3H3,(H,31,35)/t19-,20-,21-,23+,24-,25-,26+,27+,28-,29+,30+/m1/s1. The Morgan fingerprint density at radius 3 is 1.87 bits per heavy atom. The summed E-state index contributed by atoms with van der Waals surface area (Å²) < 4.78 is 26.6. The van der Waals surface area contributed by atoms with Gasteiger partial charge >= 0.3 is 11.9 Å². The number of unbranched alkanes of at least 4 members (excludes halogenated alkanes) is 8. The maximum atomic E-state index is 12.7. The molecule has 0 spiro atoms. The average Bonchev–Trinajstić information content (AvgIpc) is 2.98. The van der Waals surface area contributed by atoms with Crippen molar-refractivity contribution >= 4 is 17.8 Å². The van der Waals surface area contributed by atoms with Crippen LogP contribution in [-0.4, -0.2) is 129 Å². The molecule has 0 aromatic carbocycles. The normalized spacial score (nSPS) is 32.5. The molecule has 0 unspecified atom stereocenters. The number of aliphatic hydroxyl groups excluding tert-OH is 6. The summed E-state index contributed by atoms with van der Waals surface area (Å²) in [4.78, 5) is 35.4. The first kappa shape index (κ1) is 39.2. The van der Waals surface area contributed by atoms with Crippen molar-refractivity contribution in [2.75, 3.05) is 13.2 Å². The molecule has 15 nitrogen and oxygen atoms in total. The van der Waals surface area contributed by atoms with Crippen molar-refractivity contribution in [3.05, 3.63) is 0 Å². The van der Waals surface area contributed by atoms with Crippen LogP contribution in [0.1, 0.15) is 91.4 Å². The number of hydrogen-bond acceptors (Lipinski definition) is 14. The number of ether oxygens (including phenoxy) is 5. The number of hydrogen-bond donors (Lipinski definition) is 7. The monoisotopic (exact) mass is 651 g/mol. The number of rotatable bonds is 19. The third kappa shape index (κ3) is 13.4. The molecule has 0 saturated carbocycles. The van der Waals surface area contributed by atoms with Gasteiger partial charge in [0, 0.05) is 13.8 Å². The van der Waals surface area contributed by atoms with E-state index in [1.165, 1.54) is 32.1 Å². The first-order chi connectivity index (χ1) is 21.3. The van der Waals surface area contributed by atoms with Crippen LogP contribution in [-0.2, 0) is 38.1 Å². The third-order valence-corrected chi connectivity index (χ3v) is 7.94. The van der Waals surface area contributed by atoms with Gasteiger partial charge in [-0.3, -0.25) is 14.4 Å². The van der Waals surface area contributed by atoms with Crippen LogP contribution in [0, 0.1) is 0 Å². The minimum absolute atomic E-state index is 0.290. The quantitative estimate of drug-likeness (QED) is 0.0692. The van der Waals surface area contributed by atoms with E-state index >= 15 is 0 Å². The largest absolute Gasteiger partial charge is 0.463 e. The van der Waals surface area contributed by atoms with Gasteiger partial charge in [-0.1, -0.05) is 64.7 Å². The summed E-state index contributed by atoms with van der Waals surface area (Å²) in [5.74, 6) is -2.06. The van der Waals surface area contributed by atoms with Gasteiger partial charge < -0.3 is 59.6 Å². The van der Waals surface area contributed by atoms with Gasteiger partial charge in [-0.25, -0.2) is 0 Å². The Balaban J connectivity index is 1.98. The Kier molecular flexibility index (Phi) is 17.7. The highest BCUT2D eigenvalue weighted by molar-refractivity contribution is 5.76. The van der Waals surface area contributed by atoms with E-state index in [-0.39, 0.29) is 6.42 Å². The van der Waals surface area contributed by atoms with Crippen molar-refractivity contribution in [3.63, 3.8) is 0 Å². The number of carbonyl (C=O) groups is 3. The molecule has 0 aromatic rings. The second kappa shape index (κ2) is 20.3. The van der Waals surface area contributed by atoms with E-state index < -0.39 is 98.5 Å². The number of amides is 1. The summed E-state index contributed by atoms with van der Waals surface area (Å²) in [5, 5.41) is 65.7. The van der Waals surface area contributed by atoms with E-state index in [1.807, 2.05) is 0 Å². The van der Waals surface area contributed by atoms with Crippen molar-refractivity contribution < 1.29 is 68.7 Å². The minimum Gasteiger partial charge on any atom is -0.463 e. The van der Waals surface area contributed by atoms with Crippen molar-refractivity contribution in [2.24, 2.45) is 0 Å². The Hall–Kier alpha value is -1.95. The molecular formula is C30H53NO14. The molecule has 0 radical (unpaired) electrons. The van der Waals surface area contributed by atoms with Gasteiger partial charge in [-0.05, 0) is 6.42 Å². The molecule has 45 heavy (non-hydrogen) atoms. The lowest BCUT2D eigenvalue weighted by Gasteiger charge is -2.46. The molecule has 2 aliphatic heterocycles. The maximum Gasteiger partial charge on any atom is 0.302 e. The Bertz CT molecular complexity index is 893. The Morgan fingerprint density at radius 1 is 0.733 bits per heavy atom. The van der Waals surface area contributed by atoms with Crippen LogP contribution in [0.15, 0.2) is 0 Å². The van der Waals surface area contributed by atoms with Crippen molar-refractivity contribution in [1.29, 1.82) is 0 Å². The van der Waals surface area contributed by atoms with Crippen LogP contribution < -0.4 is 5.32 Å². The van der Waals surface area contributed by atoms with Crippen LogP contribution in [0.25, 0.3) is 0 Å². The molecule has 262 valence electrons. The molecule has 0 aromatic heterocycles. The van der Waals surface area contributed by atoms with E-state index in [2.05, 4.69) is 12.2 Å². The number of esters is 2. The molecule has 2 heterocycles. The van der Waals surface area contributed by atoms with Crippen LogP contribution in [0.4, 0.5) is 0 Å². The molecule has 15 heteroatoms. The average molecular weight is 652 g/mol. The summed E-state index contributed by atoms with van der Waals surface area (Å²) in [5.41, 5.74) is 0. The van der Waals surface area contributed by atoms with Crippen LogP contribution in [0.3, 0.4) is 0 Å². The molecule has 7 N–H and O–H groups in total. The Morgan fingerprint density at radius 2 is 1.29 bits per heavy atom. The van der Waals surface area contributed by atoms with E-state index in [0.29, 0.717) is 6.42 Å². The van der Waals surface area contributed by atoms with E-state index in [4.69, 9.17) is 23.7 Å². The fourth-order valence-electron chi connectivity index (χ4n) is 5.37. The number of nitrogens with one attached hydrogen (secondary N) is 1. The molecule has 0 aliphatic carbocycles. The van der Waals surface area contributed by atoms with Crippen molar-refractivity contribution in [1.82, 2.24) is 5.32 Å². The topological polar surface area (TPSA) is 231 Å². The SMILES string of the molecule is CCCCCCCCCCC[C@@H](O)CC(=O)N[C@H]1[C@@H](O)[C@H](O[C@@H]2O[C@H](COC(C)=O)[C@@H](O)[C@H](O)[C@@H]2O)[C@@H](COC(C)=O)O[C@@H]1O. The molecule has 2 aliphatic rings. The van der Waals surface area contributed by atoms with Gasteiger partial charge in [0.1, 0.15) is 62.0 Å². The smallest absolute Gasteiger partial charge is 0.302 e. The van der Waals surface area contributed by atoms with Gasteiger partial charge in [0.15, 0.2) is 12.6 Å². The van der Waals surface area contributed by atoms with E-state index in [9.17, 15) is 45.0 Å². The highest BCUT2D eigenvalue weighted by atomic mass is 16.7. The van der Waals surface area contributed by atoms with Gasteiger partial charge in [0.05, 0.1) is 12.5 Å². The first-order valence-corrected chi connectivity index (χ1v) is 16.0. The van der Waals surface area contributed by atoms with Gasteiger partial charge in [0.2, 0.25) is 5.91 Å². The lowest BCUT2D eigenvalue weighted by molar-refractivity contribution is -0.345. The van der Waals surface area contributed by atoms with Crippen molar-refractivity contribution in [2.45, 2.75) is 159 Å². The second-order valence-corrected chi connectivity index (χ2v) is 11.8. The van der Waals surface area contributed by atoms with Gasteiger partial charge in [-0.2, -0.15) is 0 Å². The summed E-state index contributed by atoms with van der Waals surface area (Å²) in [6.07, 6.45) is -5.48.